The van der Waals surface area contributed by atoms with Crippen LogP contribution < -0.4 is 16.6 Å². The summed E-state index contributed by atoms with van der Waals surface area (Å²) in [6.07, 6.45) is 1.33. The molecule has 0 spiro atoms. The van der Waals surface area contributed by atoms with Crippen LogP contribution in [-0.2, 0) is 0 Å². The van der Waals surface area contributed by atoms with Crippen molar-refractivity contribution in [1.29, 1.82) is 5.26 Å². The number of nitrogens with zero attached hydrogens (tertiary/aromatic N) is 3. The molecule has 96 valence electrons. The van der Waals surface area contributed by atoms with Crippen molar-refractivity contribution in [2.45, 2.75) is 0 Å². The normalized spacial score (nSPS) is 9.79. The zero-order chi connectivity index (χ0) is 13.8. The van der Waals surface area contributed by atoms with Crippen LogP contribution in [0.25, 0.3) is 0 Å². The van der Waals surface area contributed by atoms with Crippen LogP contribution in [0, 0.1) is 17.1 Å². The molecule has 0 saturated carbocycles. The Morgan fingerprint density at radius 1 is 1.42 bits per heavy atom. The Bertz CT molecular complexity index is 654. The number of nitriles is 1. The van der Waals surface area contributed by atoms with Crippen molar-refractivity contribution < 1.29 is 4.39 Å². The van der Waals surface area contributed by atoms with Crippen LogP contribution >= 0.6 is 11.6 Å². The van der Waals surface area contributed by atoms with Crippen molar-refractivity contribution in [3.8, 4) is 6.07 Å². The molecular weight excluding hydrogens is 271 g/mol. The summed E-state index contributed by atoms with van der Waals surface area (Å²) >= 11 is 5.91. The Morgan fingerprint density at radius 3 is 2.89 bits per heavy atom. The smallest absolute Gasteiger partial charge is 0.239 e. The zero-order valence-corrected chi connectivity index (χ0v) is 10.2. The van der Waals surface area contributed by atoms with Crippen LogP contribution in [0.15, 0.2) is 24.4 Å². The summed E-state index contributed by atoms with van der Waals surface area (Å²) in [7, 11) is 0. The van der Waals surface area contributed by atoms with Crippen LogP contribution in [0.5, 0.6) is 0 Å². The molecule has 0 atom stereocenters. The summed E-state index contributed by atoms with van der Waals surface area (Å²) in [6, 6.07) is 5.97. The number of hydrogen-bond donors (Lipinski definition) is 3. The van der Waals surface area contributed by atoms with Gasteiger partial charge in [0.05, 0.1) is 11.9 Å². The highest BCUT2D eigenvalue weighted by Gasteiger charge is 2.11. The van der Waals surface area contributed by atoms with E-state index in [2.05, 4.69) is 20.7 Å². The lowest BCUT2D eigenvalue weighted by atomic mass is 10.2. The molecule has 1 aromatic carbocycles. The van der Waals surface area contributed by atoms with Crippen molar-refractivity contribution in [3.63, 3.8) is 0 Å². The van der Waals surface area contributed by atoms with E-state index in [9.17, 15) is 4.39 Å². The minimum absolute atomic E-state index is 0.126. The number of aromatic nitrogens is 2. The van der Waals surface area contributed by atoms with Crippen LogP contribution in [0.3, 0.4) is 0 Å². The van der Waals surface area contributed by atoms with E-state index < -0.39 is 5.82 Å². The highest BCUT2D eigenvalue weighted by molar-refractivity contribution is 6.32. The van der Waals surface area contributed by atoms with E-state index in [0.717, 1.165) is 0 Å². The minimum Gasteiger partial charge on any atom is -0.338 e. The second-order valence-electron chi connectivity index (χ2n) is 3.43. The van der Waals surface area contributed by atoms with Crippen LogP contribution in [0.4, 0.5) is 21.8 Å². The fraction of sp³-hybridized carbons (Fsp3) is 0. The number of halogens is 2. The maximum Gasteiger partial charge on any atom is 0.239 e. The lowest BCUT2D eigenvalue weighted by Gasteiger charge is -2.10. The number of nitrogens with one attached hydrogen (secondary N) is 2. The molecule has 1 heterocycles. The van der Waals surface area contributed by atoms with Gasteiger partial charge in [0, 0.05) is 0 Å². The van der Waals surface area contributed by atoms with Gasteiger partial charge in [-0.3, -0.25) is 5.43 Å². The number of hydrazine groups is 1. The summed E-state index contributed by atoms with van der Waals surface area (Å²) < 4.78 is 13.4. The predicted molar refractivity (Wildman–Crippen MR) is 69.2 cm³/mol. The zero-order valence-electron chi connectivity index (χ0n) is 9.48. The molecule has 4 N–H and O–H groups in total. The Kier molecular flexibility index (Phi) is 3.75. The lowest BCUT2D eigenvalue weighted by Crippen LogP contribution is -2.11. The van der Waals surface area contributed by atoms with Crippen molar-refractivity contribution in [2.24, 2.45) is 5.84 Å². The first kappa shape index (κ1) is 13.0. The highest BCUT2D eigenvalue weighted by Crippen LogP contribution is 2.26. The van der Waals surface area contributed by atoms with Crippen LogP contribution in [0.2, 0.25) is 5.02 Å². The lowest BCUT2D eigenvalue weighted by molar-refractivity contribution is 0.624. The van der Waals surface area contributed by atoms with Crippen LogP contribution in [0.1, 0.15) is 5.56 Å². The molecular formula is C11H8ClFN6. The molecule has 19 heavy (non-hydrogen) atoms. The number of nitrogens with two attached hydrogens (primary N) is 1. The molecule has 2 rings (SSSR count). The molecule has 0 unspecified atom stereocenters. The SMILES string of the molecule is N#Cc1c(F)cccc1Nc1nc(NN)ncc1Cl. The molecule has 0 fully saturated rings. The van der Waals surface area contributed by atoms with E-state index in [0.29, 0.717) is 0 Å². The van der Waals surface area contributed by atoms with Gasteiger partial charge < -0.3 is 5.32 Å². The number of nitrogen functional groups attached to an aromatic ring is 1. The monoisotopic (exact) mass is 278 g/mol. The first-order valence-corrected chi connectivity index (χ1v) is 5.48. The standard InChI is InChI=1S/C11H8ClFN6/c12-7-5-16-11(19-15)18-10(7)17-9-3-1-2-8(13)6(9)4-14/h1-3,5H,15H2,(H2,16,17,18,19). The van der Waals surface area contributed by atoms with Gasteiger partial charge in [0.1, 0.15) is 22.5 Å². The first-order valence-electron chi connectivity index (χ1n) is 5.10. The molecule has 0 aliphatic rings. The molecule has 2 aromatic rings. The quantitative estimate of drug-likeness (QED) is 0.588. The summed E-state index contributed by atoms with van der Waals surface area (Å²) in [5.74, 6) is 4.91. The molecule has 0 radical (unpaired) electrons. The van der Waals surface area contributed by atoms with Gasteiger partial charge in [-0.1, -0.05) is 17.7 Å². The molecule has 1 aromatic heterocycles. The second-order valence-corrected chi connectivity index (χ2v) is 3.84. The highest BCUT2D eigenvalue weighted by atomic mass is 35.5. The first-order chi connectivity index (χ1) is 9.15. The molecule has 0 amide bonds. The Balaban J connectivity index is 2.42. The van der Waals surface area contributed by atoms with Crippen molar-refractivity contribution in [1.82, 2.24) is 9.97 Å². The van der Waals surface area contributed by atoms with Gasteiger partial charge in [-0.25, -0.2) is 15.2 Å². The van der Waals surface area contributed by atoms with Gasteiger partial charge in [0.2, 0.25) is 5.95 Å². The van der Waals surface area contributed by atoms with E-state index in [-0.39, 0.29) is 28.0 Å². The Hall–Kier alpha value is -2.43. The van der Waals surface area contributed by atoms with Gasteiger partial charge in [-0.05, 0) is 12.1 Å². The topological polar surface area (TPSA) is 99.7 Å². The third-order valence-corrected chi connectivity index (χ3v) is 2.53. The van der Waals surface area contributed by atoms with Gasteiger partial charge in [-0.15, -0.1) is 0 Å². The summed E-state index contributed by atoms with van der Waals surface area (Å²) in [5.41, 5.74) is 2.39. The van der Waals surface area contributed by atoms with Crippen LogP contribution in [-0.4, -0.2) is 9.97 Å². The second kappa shape index (κ2) is 5.48. The largest absolute Gasteiger partial charge is 0.338 e. The number of benzene rings is 1. The molecule has 6 nitrogen and oxygen atoms in total. The number of hydrogen-bond acceptors (Lipinski definition) is 6. The fourth-order valence-electron chi connectivity index (χ4n) is 1.39. The molecule has 0 bridgehead atoms. The van der Waals surface area contributed by atoms with Gasteiger partial charge >= 0.3 is 0 Å². The molecule has 0 aliphatic heterocycles. The minimum atomic E-state index is -0.630. The predicted octanol–water partition coefficient (Wildman–Crippen LogP) is 2.17. The van der Waals surface area contributed by atoms with Gasteiger partial charge in [0.25, 0.3) is 0 Å². The van der Waals surface area contributed by atoms with Crippen molar-refractivity contribution in [3.05, 3.63) is 40.8 Å². The average molecular weight is 279 g/mol. The number of anilines is 3. The molecule has 8 heteroatoms. The van der Waals surface area contributed by atoms with E-state index in [1.54, 1.807) is 6.07 Å². The van der Waals surface area contributed by atoms with Gasteiger partial charge in [-0.2, -0.15) is 10.2 Å². The van der Waals surface area contributed by atoms with E-state index in [1.807, 2.05) is 0 Å². The summed E-state index contributed by atoms with van der Waals surface area (Å²) in [6.45, 7) is 0. The van der Waals surface area contributed by atoms with Crippen molar-refractivity contribution >= 4 is 29.1 Å². The third kappa shape index (κ3) is 2.70. The molecule has 0 saturated heterocycles. The van der Waals surface area contributed by atoms with E-state index in [4.69, 9.17) is 22.7 Å². The average Bonchev–Trinajstić information content (AvgIpc) is 2.41. The maximum absolute atomic E-state index is 13.4. The van der Waals surface area contributed by atoms with Crippen molar-refractivity contribution in [2.75, 3.05) is 10.7 Å². The number of rotatable bonds is 3. The maximum atomic E-state index is 13.4. The third-order valence-electron chi connectivity index (χ3n) is 2.25. The fourth-order valence-corrected chi connectivity index (χ4v) is 1.53. The van der Waals surface area contributed by atoms with E-state index in [1.165, 1.54) is 24.4 Å². The summed E-state index contributed by atoms with van der Waals surface area (Å²) in [4.78, 5) is 7.77. The van der Waals surface area contributed by atoms with Gasteiger partial charge in [0.15, 0.2) is 5.82 Å². The summed E-state index contributed by atoms with van der Waals surface area (Å²) in [5, 5.41) is 11.9. The Labute approximate surface area is 113 Å². The van der Waals surface area contributed by atoms with E-state index >= 15 is 0 Å². The molecule has 0 aliphatic carbocycles. The Morgan fingerprint density at radius 2 is 2.21 bits per heavy atom.